The van der Waals surface area contributed by atoms with Gasteiger partial charge in [-0.3, -0.25) is 0 Å². The highest BCUT2D eigenvalue weighted by Gasteiger charge is 2.05. The first-order chi connectivity index (χ1) is 5.43. The van der Waals surface area contributed by atoms with Crippen LogP contribution >= 0.6 is 0 Å². The average Bonchev–Trinajstić information content (AvgIpc) is 2.50. The molecule has 0 amide bonds. The smallest absolute Gasteiger partial charge is 0.0173 e. The standard InChI is InChI=1S/C10H17N/c1-2-3-4-5-8-11-9-6-7-10-11/h2,5,8H,1,3-4,6-7,9-10H2/b8-5+. The fourth-order valence-corrected chi connectivity index (χ4v) is 1.33. The van der Waals surface area contributed by atoms with Crippen molar-refractivity contribution in [2.75, 3.05) is 13.1 Å². The minimum absolute atomic E-state index is 1.10. The average molecular weight is 151 g/mol. The van der Waals surface area contributed by atoms with Crippen molar-refractivity contribution in [2.45, 2.75) is 25.7 Å². The van der Waals surface area contributed by atoms with Gasteiger partial charge in [0.05, 0.1) is 0 Å². The van der Waals surface area contributed by atoms with Crippen LogP contribution in [0, 0.1) is 0 Å². The molecular weight excluding hydrogens is 134 g/mol. The third-order valence-electron chi connectivity index (χ3n) is 1.99. The van der Waals surface area contributed by atoms with Crippen LogP contribution in [-0.2, 0) is 0 Å². The molecule has 0 aromatic rings. The number of hydrogen-bond donors (Lipinski definition) is 0. The highest BCUT2D eigenvalue weighted by molar-refractivity contribution is 4.86. The molecule has 62 valence electrons. The van der Waals surface area contributed by atoms with E-state index in [0.717, 1.165) is 12.8 Å². The molecule has 0 spiro atoms. The topological polar surface area (TPSA) is 3.24 Å². The van der Waals surface area contributed by atoms with Crippen molar-refractivity contribution in [1.82, 2.24) is 4.90 Å². The second-order valence-electron chi connectivity index (χ2n) is 2.99. The van der Waals surface area contributed by atoms with Crippen molar-refractivity contribution in [3.8, 4) is 0 Å². The van der Waals surface area contributed by atoms with Gasteiger partial charge < -0.3 is 4.90 Å². The molecule has 0 radical (unpaired) electrons. The van der Waals surface area contributed by atoms with Gasteiger partial charge in [-0.1, -0.05) is 12.2 Å². The Labute approximate surface area is 69.4 Å². The predicted molar refractivity (Wildman–Crippen MR) is 49.4 cm³/mol. The number of nitrogens with zero attached hydrogens (tertiary/aromatic N) is 1. The van der Waals surface area contributed by atoms with Gasteiger partial charge in [0.15, 0.2) is 0 Å². The van der Waals surface area contributed by atoms with Crippen LogP contribution in [-0.4, -0.2) is 18.0 Å². The summed E-state index contributed by atoms with van der Waals surface area (Å²) in [7, 11) is 0. The summed E-state index contributed by atoms with van der Waals surface area (Å²) in [4.78, 5) is 2.39. The van der Waals surface area contributed by atoms with Gasteiger partial charge in [-0.25, -0.2) is 0 Å². The van der Waals surface area contributed by atoms with Crippen LogP contribution in [0.25, 0.3) is 0 Å². The summed E-state index contributed by atoms with van der Waals surface area (Å²) in [5, 5.41) is 0. The number of allylic oxidation sites excluding steroid dienone is 2. The van der Waals surface area contributed by atoms with Gasteiger partial charge in [0.1, 0.15) is 0 Å². The van der Waals surface area contributed by atoms with Crippen molar-refractivity contribution >= 4 is 0 Å². The molecule has 0 saturated carbocycles. The second kappa shape index (κ2) is 5.00. The molecule has 1 fully saturated rings. The molecule has 0 atom stereocenters. The lowest BCUT2D eigenvalue weighted by atomic mass is 10.3. The van der Waals surface area contributed by atoms with Gasteiger partial charge in [-0.05, 0) is 31.9 Å². The van der Waals surface area contributed by atoms with E-state index in [-0.39, 0.29) is 0 Å². The first kappa shape index (κ1) is 8.38. The van der Waals surface area contributed by atoms with E-state index >= 15 is 0 Å². The lowest BCUT2D eigenvalue weighted by Gasteiger charge is -2.09. The van der Waals surface area contributed by atoms with Crippen molar-refractivity contribution in [1.29, 1.82) is 0 Å². The minimum atomic E-state index is 1.10. The molecule has 1 heterocycles. The van der Waals surface area contributed by atoms with E-state index in [1.54, 1.807) is 0 Å². The molecule has 0 aromatic carbocycles. The Morgan fingerprint density at radius 3 is 2.55 bits per heavy atom. The molecule has 1 heteroatoms. The lowest BCUT2D eigenvalue weighted by molar-refractivity contribution is 0.466. The Hall–Kier alpha value is -0.720. The molecule has 0 unspecified atom stereocenters. The van der Waals surface area contributed by atoms with Crippen LogP contribution in [0.3, 0.4) is 0 Å². The van der Waals surface area contributed by atoms with Gasteiger partial charge in [0, 0.05) is 13.1 Å². The van der Waals surface area contributed by atoms with Crippen LogP contribution in [0.2, 0.25) is 0 Å². The van der Waals surface area contributed by atoms with Gasteiger partial charge in [0.25, 0.3) is 0 Å². The zero-order valence-corrected chi connectivity index (χ0v) is 7.13. The highest BCUT2D eigenvalue weighted by Crippen LogP contribution is 2.07. The van der Waals surface area contributed by atoms with Crippen LogP contribution in [0.4, 0.5) is 0 Å². The summed E-state index contributed by atoms with van der Waals surface area (Å²) in [5.74, 6) is 0. The van der Waals surface area contributed by atoms with Crippen LogP contribution in [0.1, 0.15) is 25.7 Å². The first-order valence-electron chi connectivity index (χ1n) is 4.45. The Morgan fingerprint density at radius 1 is 1.18 bits per heavy atom. The monoisotopic (exact) mass is 151 g/mol. The Balaban J connectivity index is 2.07. The second-order valence-corrected chi connectivity index (χ2v) is 2.99. The molecule has 11 heavy (non-hydrogen) atoms. The molecule has 1 rings (SSSR count). The summed E-state index contributed by atoms with van der Waals surface area (Å²) >= 11 is 0. The van der Waals surface area contributed by atoms with E-state index in [0.29, 0.717) is 0 Å². The summed E-state index contributed by atoms with van der Waals surface area (Å²) in [6.45, 7) is 6.19. The molecule has 0 bridgehead atoms. The van der Waals surface area contributed by atoms with Crippen molar-refractivity contribution in [2.24, 2.45) is 0 Å². The Morgan fingerprint density at radius 2 is 1.91 bits per heavy atom. The highest BCUT2D eigenvalue weighted by atomic mass is 15.1. The quantitative estimate of drug-likeness (QED) is 0.441. The maximum Gasteiger partial charge on any atom is 0.0173 e. The summed E-state index contributed by atoms with van der Waals surface area (Å²) in [5.41, 5.74) is 0. The van der Waals surface area contributed by atoms with Crippen LogP contribution in [0.5, 0.6) is 0 Å². The maximum atomic E-state index is 3.68. The third kappa shape index (κ3) is 3.26. The fraction of sp³-hybridized carbons (Fsp3) is 0.600. The fourth-order valence-electron chi connectivity index (χ4n) is 1.33. The number of likely N-dealkylation sites (tertiary alicyclic amines) is 1. The minimum Gasteiger partial charge on any atom is -0.378 e. The zero-order valence-electron chi connectivity index (χ0n) is 7.13. The van der Waals surface area contributed by atoms with E-state index in [1.165, 1.54) is 25.9 Å². The van der Waals surface area contributed by atoms with E-state index in [1.807, 2.05) is 6.08 Å². The molecule has 1 saturated heterocycles. The molecular formula is C10H17N. The molecule has 1 nitrogen and oxygen atoms in total. The summed E-state index contributed by atoms with van der Waals surface area (Å²) in [6.07, 6.45) is 11.4. The molecule has 0 aromatic heterocycles. The first-order valence-corrected chi connectivity index (χ1v) is 4.45. The Bertz CT molecular complexity index is 132. The summed E-state index contributed by atoms with van der Waals surface area (Å²) < 4.78 is 0. The summed E-state index contributed by atoms with van der Waals surface area (Å²) in [6, 6.07) is 0. The van der Waals surface area contributed by atoms with Crippen LogP contribution in [0.15, 0.2) is 24.9 Å². The third-order valence-corrected chi connectivity index (χ3v) is 1.99. The predicted octanol–water partition coefficient (Wildman–Crippen LogP) is 2.56. The van der Waals surface area contributed by atoms with E-state index < -0.39 is 0 Å². The lowest BCUT2D eigenvalue weighted by Crippen LogP contribution is -2.09. The number of hydrogen-bond acceptors (Lipinski definition) is 1. The van der Waals surface area contributed by atoms with E-state index in [2.05, 4.69) is 23.8 Å². The molecule has 0 aliphatic carbocycles. The van der Waals surface area contributed by atoms with Crippen molar-refractivity contribution in [3.05, 3.63) is 24.9 Å². The van der Waals surface area contributed by atoms with Crippen molar-refractivity contribution in [3.63, 3.8) is 0 Å². The maximum absolute atomic E-state index is 3.68. The molecule has 1 aliphatic heterocycles. The normalized spacial score (nSPS) is 18.0. The van der Waals surface area contributed by atoms with Crippen LogP contribution < -0.4 is 0 Å². The molecule has 0 N–H and O–H groups in total. The number of rotatable bonds is 4. The number of unbranched alkanes of at least 4 members (excludes halogenated alkanes) is 1. The largest absolute Gasteiger partial charge is 0.378 e. The van der Waals surface area contributed by atoms with Gasteiger partial charge in [-0.15, -0.1) is 6.58 Å². The molecule has 1 aliphatic rings. The van der Waals surface area contributed by atoms with E-state index in [9.17, 15) is 0 Å². The van der Waals surface area contributed by atoms with Crippen molar-refractivity contribution < 1.29 is 0 Å². The van der Waals surface area contributed by atoms with Gasteiger partial charge >= 0.3 is 0 Å². The van der Waals surface area contributed by atoms with E-state index in [4.69, 9.17) is 0 Å². The Kier molecular flexibility index (Phi) is 3.81. The van der Waals surface area contributed by atoms with Gasteiger partial charge in [-0.2, -0.15) is 0 Å². The SMILES string of the molecule is C=CCC/C=C/N1CCCC1. The van der Waals surface area contributed by atoms with Gasteiger partial charge in [0.2, 0.25) is 0 Å². The zero-order chi connectivity index (χ0) is 7.94.